The second kappa shape index (κ2) is 10.9. The Kier molecular flexibility index (Phi) is 7.75. The highest BCUT2D eigenvalue weighted by molar-refractivity contribution is 6.08. The summed E-state index contributed by atoms with van der Waals surface area (Å²) in [6.45, 7) is 3.91. The summed E-state index contributed by atoms with van der Waals surface area (Å²) in [5, 5.41) is 17.7. The van der Waals surface area contributed by atoms with Gasteiger partial charge in [0.1, 0.15) is 6.20 Å². The van der Waals surface area contributed by atoms with Crippen LogP contribution >= 0.6 is 0 Å². The minimum atomic E-state index is -0.650. The lowest BCUT2D eigenvalue weighted by atomic mass is 10.1. The van der Waals surface area contributed by atoms with Crippen LogP contribution in [0.3, 0.4) is 0 Å². The molecule has 3 aromatic rings. The lowest BCUT2D eigenvalue weighted by Gasteiger charge is -2.13. The largest absolute Gasteiger partial charge is 0.490 e. The third-order valence-corrected chi connectivity index (χ3v) is 4.63. The molecule has 1 aromatic heterocycles. The maximum Gasteiger partial charge on any atom is 0.318 e. The summed E-state index contributed by atoms with van der Waals surface area (Å²) in [5.41, 5.74) is 1.76. The maximum absolute atomic E-state index is 12.4. The molecule has 34 heavy (non-hydrogen) atoms. The Morgan fingerprint density at radius 3 is 2.56 bits per heavy atom. The molecule has 3 rings (SSSR count). The van der Waals surface area contributed by atoms with Crippen LogP contribution < -0.4 is 14.8 Å². The van der Waals surface area contributed by atoms with E-state index in [9.17, 15) is 19.7 Å². The molecule has 0 unspecified atom stereocenters. The molecule has 0 radical (unpaired) electrons. The quantitative estimate of drug-likeness (QED) is 0.208. The Hall–Kier alpha value is -4.47. The third kappa shape index (κ3) is 6.28. The molecule has 0 fully saturated rings. The number of ketones is 1. The third-order valence-electron chi connectivity index (χ3n) is 4.63. The Bertz CT molecular complexity index is 1230. The monoisotopic (exact) mass is 464 g/mol. The van der Waals surface area contributed by atoms with E-state index in [2.05, 4.69) is 10.4 Å². The highest BCUT2D eigenvalue weighted by Gasteiger charge is 2.23. The second-order valence-corrected chi connectivity index (χ2v) is 7.33. The van der Waals surface area contributed by atoms with Gasteiger partial charge in [-0.1, -0.05) is 29.8 Å². The fourth-order valence-electron chi connectivity index (χ4n) is 3.03. The number of amides is 1. The zero-order valence-electron chi connectivity index (χ0n) is 19.0. The van der Waals surface area contributed by atoms with Gasteiger partial charge in [0, 0.05) is 12.7 Å². The maximum atomic E-state index is 12.4. The number of aromatic nitrogens is 2. The van der Waals surface area contributed by atoms with E-state index in [1.54, 1.807) is 37.3 Å². The van der Waals surface area contributed by atoms with E-state index in [-0.39, 0.29) is 23.9 Å². The molecule has 0 aliphatic rings. The number of carbonyl (C=O) groups excluding carboxylic acids is 2. The van der Waals surface area contributed by atoms with Crippen LogP contribution in [0, 0.1) is 17.0 Å². The Morgan fingerprint density at radius 1 is 1.15 bits per heavy atom. The molecule has 1 heterocycles. The number of aryl methyl sites for hydroxylation is 2. The molecule has 176 valence electrons. The van der Waals surface area contributed by atoms with Crippen LogP contribution in [0.5, 0.6) is 11.5 Å². The second-order valence-electron chi connectivity index (χ2n) is 7.33. The van der Waals surface area contributed by atoms with Gasteiger partial charge in [-0.3, -0.25) is 24.4 Å². The molecule has 10 heteroatoms. The zero-order chi connectivity index (χ0) is 24.7. The number of ether oxygens (including phenoxy) is 2. The van der Waals surface area contributed by atoms with E-state index in [0.717, 1.165) is 5.56 Å². The van der Waals surface area contributed by atoms with Crippen molar-refractivity contribution in [1.29, 1.82) is 0 Å². The molecule has 0 saturated carbocycles. The van der Waals surface area contributed by atoms with Crippen LogP contribution in [0.2, 0.25) is 0 Å². The standard InChI is InChI=1S/C24H24N4O6/c1-4-33-22-13-17(7-11-20(29)24-19(28(31)32)14-27(3)26-24)8-12-21(22)34-15-23(30)25-18-9-5-16(2)6-10-18/h5-14H,4,15H2,1-3H3,(H,25,30)/b11-7+. The van der Waals surface area contributed by atoms with Crippen LogP contribution in [0.1, 0.15) is 28.5 Å². The number of allylic oxidation sites excluding steroid dienone is 1. The number of hydrogen-bond acceptors (Lipinski definition) is 7. The first-order chi connectivity index (χ1) is 16.3. The first kappa shape index (κ1) is 24.2. The van der Waals surface area contributed by atoms with Gasteiger partial charge in [0.2, 0.25) is 11.5 Å². The summed E-state index contributed by atoms with van der Waals surface area (Å²) < 4.78 is 12.4. The van der Waals surface area contributed by atoms with Gasteiger partial charge in [-0.05, 0) is 49.8 Å². The highest BCUT2D eigenvalue weighted by atomic mass is 16.6. The number of benzene rings is 2. The van der Waals surface area contributed by atoms with Gasteiger partial charge in [0.25, 0.3) is 5.91 Å². The minimum Gasteiger partial charge on any atom is -0.490 e. The summed E-state index contributed by atoms with van der Waals surface area (Å²) in [6, 6.07) is 12.3. The number of nitrogens with zero attached hydrogens (tertiary/aromatic N) is 3. The van der Waals surface area contributed by atoms with Gasteiger partial charge >= 0.3 is 5.69 Å². The molecule has 1 amide bonds. The summed E-state index contributed by atoms with van der Waals surface area (Å²) in [6.07, 6.45) is 3.88. The molecule has 2 aromatic carbocycles. The topological polar surface area (TPSA) is 126 Å². The summed E-state index contributed by atoms with van der Waals surface area (Å²) in [4.78, 5) is 35.1. The van der Waals surface area contributed by atoms with E-state index in [0.29, 0.717) is 29.4 Å². The molecule has 0 bridgehead atoms. The number of anilines is 1. The van der Waals surface area contributed by atoms with Gasteiger partial charge in [0.15, 0.2) is 18.1 Å². The van der Waals surface area contributed by atoms with Crippen molar-refractivity contribution in [3.8, 4) is 11.5 Å². The Balaban J connectivity index is 1.68. The molecular formula is C24H24N4O6. The number of carbonyl (C=O) groups is 2. The lowest BCUT2D eigenvalue weighted by Crippen LogP contribution is -2.20. The van der Waals surface area contributed by atoms with Crippen molar-refractivity contribution in [2.75, 3.05) is 18.5 Å². The Morgan fingerprint density at radius 2 is 1.88 bits per heavy atom. The van der Waals surface area contributed by atoms with Gasteiger partial charge in [-0.15, -0.1) is 0 Å². The van der Waals surface area contributed by atoms with E-state index in [4.69, 9.17) is 9.47 Å². The molecule has 0 aliphatic carbocycles. The molecule has 0 saturated heterocycles. The predicted octanol–water partition coefficient (Wildman–Crippen LogP) is 3.95. The summed E-state index contributed by atoms with van der Waals surface area (Å²) in [5.74, 6) is -0.162. The number of hydrogen-bond donors (Lipinski definition) is 1. The number of rotatable bonds is 10. The molecular weight excluding hydrogens is 440 g/mol. The van der Waals surface area contributed by atoms with Gasteiger partial charge in [-0.25, -0.2) is 0 Å². The fourth-order valence-corrected chi connectivity index (χ4v) is 3.03. The van der Waals surface area contributed by atoms with Gasteiger partial charge < -0.3 is 14.8 Å². The summed E-state index contributed by atoms with van der Waals surface area (Å²) >= 11 is 0. The van der Waals surface area contributed by atoms with E-state index in [1.165, 1.54) is 30.1 Å². The van der Waals surface area contributed by atoms with Crippen LogP contribution in [0.4, 0.5) is 11.4 Å². The van der Waals surface area contributed by atoms with Crippen LogP contribution in [0.15, 0.2) is 54.7 Å². The van der Waals surface area contributed by atoms with Gasteiger partial charge in [-0.2, -0.15) is 5.10 Å². The van der Waals surface area contributed by atoms with Crippen molar-refractivity contribution in [3.05, 3.63) is 81.7 Å². The van der Waals surface area contributed by atoms with Crippen molar-refractivity contribution in [2.24, 2.45) is 7.05 Å². The molecule has 1 N–H and O–H groups in total. The number of nitrogens with one attached hydrogen (secondary N) is 1. The van der Waals surface area contributed by atoms with Gasteiger partial charge in [0.05, 0.1) is 11.5 Å². The SMILES string of the molecule is CCOc1cc(/C=C/C(=O)c2nn(C)cc2[N+](=O)[O-])ccc1OCC(=O)Nc1ccc(C)cc1. The average molecular weight is 464 g/mol. The normalized spacial score (nSPS) is 10.8. The average Bonchev–Trinajstić information content (AvgIpc) is 3.21. The molecule has 10 nitrogen and oxygen atoms in total. The van der Waals surface area contributed by atoms with E-state index in [1.807, 2.05) is 19.1 Å². The smallest absolute Gasteiger partial charge is 0.318 e. The zero-order valence-corrected chi connectivity index (χ0v) is 19.0. The summed E-state index contributed by atoms with van der Waals surface area (Å²) in [7, 11) is 1.50. The van der Waals surface area contributed by atoms with Crippen LogP contribution in [-0.2, 0) is 11.8 Å². The van der Waals surface area contributed by atoms with Crippen LogP contribution in [0.25, 0.3) is 6.08 Å². The first-order valence-electron chi connectivity index (χ1n) is 10.4. The minimum absolute atomic E-state index is 0.217. The van der Waals surface area contributed by atoms with E-state index < -0.39 is 10.7 Å². The molecule has 0 aliphatic heterocycles. The van der Waals surface area contributed by atoms with Crippen molar-refractivity contribution >= 4 is 29.1 Å². The van der Waals surface area contributed by atoms with Crippen molar-refractivity contribution in [2.45, 2.75) is 13.8 Å². The van der Waals surface area contributed by atoms with Crippen molar-refractivity contribution in [3.63, 3.8) is 0 Å². The number of nitro groups is 1. The van der Waals surface area contributed by atoms with Crippen molar-refractivity contribution < 1.29 is 24.0 Å². The molecule has 0 spiro atoms. The Labute approximate surface area is 196 Å². The first-order valence-corrected chi connectivity index (χ1v) is 10.4. The van der Waals surface area contributed by atoms with Crippen molar-refractivity contribution in [1.82, 2.24) is 9.78 Å². The van der Waals surface area contributed by atoms with E-state index >= 15 is 0 Å². The molecule has 0 atom stereocenters. The lowest BCUT2D eigenvalue weighted by molar-refractivity contribution is -0.385. The fraction of sp³-hybridized carbons (Fsp3) is 0.208. The van der Waals surface area contributed by atoms with Crippen LogP contribution in [-0.4, -0.2) is 39.6 Å². The predicted molar refractivity (Wildman–Crippen MR) is 126 cm³/mol. The highest BCUT2D eigenvalue weighted by Crippen LogP contribution is 2.29.